The molecule has 0 radical (unpaired) electrons. The summed E-state index contributed by atoms with van der Waals surface area (Å²) in [4.78, 5) is 35.6. The third-order valence-corrected chi connectivity index (χ3v) is 6.38. The summed E-state index contributed by atoms with van der Waals surface area (Å²) >= 11 is 18.5. The molecule has 2 aliphatic carbocycles. The molecule has 0 saturated heterocycles. The topological polar surface area (TPSA) is 111 Å². The second-order valence-corrected chi connectivity index (χ2v) is 9.08. The third kappa shape index (κ3) is 5.38. The molecule has 1 atom stereocenters. The maximum atomic E-state index is 13.9. The number of ether oxygens (including phenoxy) is 1. The van der Waals surface area contributed by atoms with Gasteiger partial charge >= 0.3 is 6.03 Å². The number of nitrogens with one attached hydrogen (secondary N) is 2. The zero-order chi connectivity index (χ0) is 26.0. The number of carbonyl (C=O) groups is 2. The van der Waals surface area contributed by atoms with Gasteiger partial charge in [0.2, 0.25) is 0 Å². The smallest absolute Gasteiger partial charge is 0.326 e. The van der Waals surface area contributed by atoms with Gasteiger partial charge in [-0.15, -0.1) is 0 Å². The van der Waals surface area contributed by atoms with Crippen LogP contribution in [0.5, 0.6) is 5.75 Å². The summed E-state index contributed by atoms with van der Waals surface area (Å²) in [6.07, 6.45) is 6.96. The summed E-state index contributed by atoms with van der Waals surface area (Å²) in [7, 11) is 0. The van der Waals surface area contributed by atoms with Gasteiger partial charge in [-0.25, -0.2) is 9.18 Å². The van der Waals surface area contributed by atoms with Crippen molar-refractivity contribution < 1.29 is 23.6 Å². The second-order valence-electron chi connectivity index (χ2n) is 7.86. The number of hydrogen-bond acceptors (Lipinski definition) is 5. The highest BCUT2D eigenvalue weighted by Crippen LogP contribution is 2.41. The number of urea groups is 1. The van der Waals surface area contributed by atoms with Gasteiger partial charge in [-0.2, -0.15) is 0 Å². The highest BCUT2D eigenvalue weighted by Gasteiger charge is 2.32. The molecule has 0 heterocycles. The van der Waals surface area contributed by atoms with E-state index < -0.39 is 29.4 Å². The quantitative estimate of drug-likeness (QED) is 0.316. The average molecular weight is 553 g/mol. The zero-order valence-corrected chi connectivity index (χ0v) is 20.6. The highest BCUT2D eigenvalue weighted by atomic mass is 35.5. The maximum Gasteiger partial charge on any atom is 0.326 e. The molecule has 2 aliphatic rings. The number of carbonyl (C=O) groups excluding carboxylic acids is 2. The van der Waals surface area contributed by atoms with Gasteiger partial charge in [-0.05, 0) is 55.7 Å². The summed E-state index contributed by atoms with van der Waals surface area (Å²) < 4.78 is 19.9. The fraction of sp³-hybridized carbons (Fsp3) is 0.167. The van der Waals surface area contributed by atoms with Gasteiger partial charge in [0.15, 0.2) is 5.75 Å². The van der Waals surface area contributed by atoms with Crippen molar-refractivity contribution in [1.82, 2.24) is 5.32 Å². The number of halogens is 4. The van der Waals surface area contributed by atoms with Gasteiger partial charge in [0, 0.05) is 21.8 Å². The van der Waals surface area contributed by atoms with Gasteiger partial charge in [0.1, 0.15) is 11.6 Å². The van der Waals surface area contributed by atoms with Crippen molar-refractivity contribution in [2.75, 3.05) is 5.32 Å². The van der Waals surface area contributed by atoms with Crippen LogP contribution in [-0.2, 0) is 0 Å². The molecule has 2 aromatic carbocycles. The molecule has 4 rings (SSSR count). The van der Waals surface area contributed by atoms with Crippen LogP contribution < -0.4 is 15.4 Å². The molecule has 1 unspecified atom stereocenters. The maximum absolute atomic E-state index is 13.9. The van der Waals surface area contributed by atoms with Crippen molar-refractivity contribution >= 4 is 52.4 Å². The molecule has 0 fully saturated rings. The van der Waals surface area contributed by atoms with E-state index >= 15 is 0 Å². The van der Waals surface area contributed by atoms with Crippen molar-refractivity contribution in [3.05, 3.63) is 102 Å². The molecule has 8 nitrogen and oxygen atoms in total. The lowest BCUT2D eigenvalue weighted by atomic mass is 9.85. The van der Waals surface area contributed by atoms with E-state index in [1.165, 1.54) is 36.4 Å². The lowest BCUT2D eigenvalue weighted by Gasteiger charge is -2.25. The number of nitro groups is 1. The van der Waals surface area contributed by atoms with E-state index in [1.807, 2.05) is 11.4 Å². The molecule has 0 aromatic heterocycles. The van der Waals surface area contributed by atoms with E-state index in [2.05, 4.69) is 5.32 Å². The van der Waals surface area contributed by atoms with Crippen LogP contribution in [0.3, 0.4) is 0 Å². The largest absolute Gasteiger partial charge is 0.454 e. The van der Waals surface area contributed by atoms with Crippen molar-refractivity contribution in [1.29, 1.82) is 0 Å². The first-order valence-corrected chi connectivity index (χ1v) is 11.8. The minimum atomic E-state index is -1.03. The first-order valence-electron chi connectivity index (χ1n) is 10.6. The SMILES string of the molecule is O=C(NC(=O)c1c(F)cccc1Cl)Nc1cc(Cl)c(OC2=C3CCCC=C3C([N+](=O)[O-])C=C2)c(Cl)c1. The molecule has 2 aromatic rings. The monoisotopic (exact) mass is 551 g/mol. The van der Waals surface area contributed by atoms with Gasteiger partial charge < -0.3 is 10.1 Å². The van der Waals surface area contributed by atoms with Crippen molar-refractivity contribution in [2.24, 2.45) is 0 Å². The molecule has 186 valence electrons. The zero-order valence-electron chi connectivity index (χ0n) is 18.3. The minimum absolute atomic E-state index is 0.0421. The van der Waals surface area contributed by atoms with E-state index in [0.717, 1.165) is 18.9 Å². The standard InChI is InChI=1S/C24H17Cl3FN3O5/c25-15-6-3-7-18(28)21(15)23(32)30-24(33)29-12-10-16(26)22(17(27)11-12)36-20-9-8-19(31(34)35)13-4-1-2-5-14(13)20/h3-4,6-11,19H,1-2,5H2,(H2,29,30,32,33). The summed E-state index contributed by atoms with van der Waals surface area (Å²) in [5, 5.41) is 15.7. The van der Waals surface area contributed by atoms with E-state index in [0.29, 0.717) is 23.3 Å². The summed E-state index contributed by atoms with van der Waals surface area (Å²) in [6.45, 7) is 0. The van der Waals surface area contributed by atoms with Crippen LogP contribution in [0.1, 0.15) is 29.6 Å². The van der Waals surface area contributed by atoms with Crippen LogP contribution >= 0.6 is 34.8 Å². The van der Waals surface area contributed by atoms with Crippen LogP contribution in [0.4, 0.5) is 14.9 Å². The minimum Gasteiger partial charge on any atom is -0.454 e. The fourth-order valence-electron chi connectivity index (χ4n) is 3.91. The van der Waals surface area contributed by atoms with Crippen molar-refractivity contribution in [2.45, 2.75) is 25.3 Å². The third-order valence-electron chi connectivity index (χ3n) is 5.50. The van der Waals surface area contributed by atoms with Crippen LogP contribution in [0, 0.1) is 15.9 Å². The van der Waals surface area contributed by atoms with Gasteiger partial charge in [0.05, 0.1) is 20.6 Å². The Morgan fingerprint density at radius 3 is 2.53 bits per heavy atom. The summed E-state index contributed by atoms with van der Waals surface area (Å²) in [5.41, 5.74) is 0.959. The predicted octanol–water partition coefficient (Wildman–Crippen LogP) is 6.71. The molecule has 0 bridgehead atoms. The number of nitrogens with zero attached hydrogens (tertiary/aromatic N) is 1. The molecule has 3 amide bonds. The lowest BCUT2D eigenvalue weighted by Crippen LogP contribution is -2.35. The lowest BCUT2D eigenvalue weighted by molar-refractivity contribution is -0.499. The van der Waals surface area contributed by atoms with Crippen LogP contribution in [0.25, 0.3) is 0 Å². The Balaban J connectivity index is 1.50. The van der Waals surface area contributed by atoms with Gasteiger partial charge in [-0.1, -0.05) is 46.9 Å². The molecular formula is C24H17Cl3FN3O5. The van der Waals surface area contributed by atoms with Gasteiger partial charge in [0.25, 0.3) is 11.9 Å². The number of benzene rings is 2. The number of allylic oxidation sites excluding steroid dienone is 2. The predicted molar refractivity (Wildman–Crippen MR) is 134 cm³/mol. The molecule has 0 saturated carbocycles. The molecule has 36 heavy (non-hydrogen) atoms. The first-order chi connectivity index (χ1) is 17.2. The normalized spacial score (nSPS) is 16.7. The molecule has 2 N–H and O–H groups in total. The van der Waals surface area contributed by atoms with Gasteiger partial charge in [-0.3, -0.25) is 20.2 Å². The average Bonchev–Trinajstić information content (AvgIpc) is 2.81. The number of rotatable bonds is 5. The Morgan fingerprint density at radius 2 is 1.86 bits per heavy atom. The number of amides is 3. The summed E-state index contributed by atoms with van der Waals surface area (Å²) in [6, 6.07) is 4.47. The second kappa shape index (κ2) is 10.7. The number of fused-ring (bicyclic) bond motifs is 1. The van der Waals surface area contributed by atoms with E-state index in [1.54, 1.807) is 0 Å². The van der Waals surface area contributed by atoms with E-state index in [4.69, 9.17) is 39.5 Å². The van der Waals surface area contributed by atoms with Crippen molar-refractivity contribution in [3.8, 4) is 5.75 Å². The highest BCUT2D eigenvalue weighted by molar-refractivity contribution is 6.38. The van der Waals surface area contributed by atoms with Crippen LogP contribution in [0.15, 0.2) is 65.5 Å². The molecule has 0 aliphatic heterocycles. The Bertz CT molecular complexity index is 1330. The molecule has 0 spiro atoms. The Hall–Kier alpha value is -3.40. The molecular weight excluding hydrogens is 536 g/mol. The van der Waals surface area contributed by atoms with Crippen LogP contribution in [-0.4, -0.2) is 22.9 Å². The van der Waals surface area contributed by atoms with Crippen LogP contribution in [0.2, 0.25) is 15.1 Å². The Kier molecular flexibility index (Phi) is 7.63. The summed E-state index contributed by atoms with van der Waals surface area (Å²) in [5.74, 6) is -1.42. The fourth-order valence-corrected chi connectivity index (χ4v) is 4.73. The number of hydrogen-bond donors (Lipinski definition) is 2. The first kappa shape index (κ1) is 25.7. The molecule has 12 heteroatoms. The Labute approximate surface area is 219 Å². The number of imide groups is 1. The van der Waals surface area contributed by atoms with E-state index in [-0.39, 0.29) is 31.4 Å². The Morgan fingerprint density at radius 1 is 1.14 bits per heavy atom. The number of anilines is 1. The van der Waals surface area contributed by atoms with Crippen molar-refractivity contribution in [3.63, 3.8) is 0 Å². The van der Waals surface area contributed by atoms with E-state index in [9.17, 15) is 24.1 Å².